The smallest absolute Gasteiger partial charge is 0.249 e. The summed E-state index contributed by atoms with van der Waals surface area (Å²) in [6.07, 6.45) is 10.1. The summed E-state index contributed by atoms with van der Waals surface area (Å²) in [7, 11) is 1.86. The normalized spacial score (nSPS) is 35.6. The van der Waals surface area contributed by atoms with E-state index in [-0.39, 0.29) is 5.91 Å². The highest BCUT2D eigenvalue weighted by Crippen LogP contribution is 2.62. The van der Waals surface area contributed by atoms with E-state index in [1.54, 1.807) is 4.68 Å². The average Bonchev–Trinajstić information content (AvgIpc) is 2.75. The summed E-state index contributed by atoms with van der Waals surface area (Å²) in [4.78, 5) is 12.4. The maximum atomic E-state index is 12.4. The monoisotopic (exact) mass is 313 g/mol. The van der Waals surface area contributed by atoms with E-state index in [0.29, 0.717) is 5.41 Å². The van der Waals surface area contributed by atoms with Gasteiger partial charge < -0.3 is 5.32 Å². The van der Waals surface area contributed by atoms with Crippen molar-refractivity contribution in [2.24, 2.45) is 30.2 Å². The molecular weight excluding hydrogens is 286 g/mol. The fourth-order valence-corrected chi connectivity index (χ4v) is 5.83. The molecule has 4 fully saturated rings. The molecule has 124 valence electrons. The molecule has 0 atom stereocenters. The Morgan fingerprint density at radius 3 is 2.30 bits per heavy atom. The minimum absolute atomic E-state index is 0.0127. The molecule has 4 aliphatic carbocycles. The highest BCUT2D eigenvalue weighted by molar-refractivity contribution is 5.99. The number of hydrogen-bond acceptors (Lipinski definition) is 2. The van der Waals surface area contributed by atoms with Gasteiger partial charge in [0.1, 0.15) is 5.82 Å². The van der Waals surface area contributed by atoms with E-state index in [1.165, 1.54) is 44.1 Å². The van der Waals surface area contributed by atoms with Gasteiger partial charge in [0.2, 0.25) is 5.91 Å². The zero-order valence-corrected chi connectivity index (χ0v) is 14.4. The van der Waals surface area contributed by atoms with Gasteiger partial charge in [-0.1, -0.05) is 5.57 Å². The van der Waals surface area contributed by atoms with Crippen molar-refractivity contribution in [2.45, 2.75) is 52.4 Å². The largest absolute Gasteiger partial charge is 0.307 e. The van der Waals surface area contributed by atoms with E-state index in [0.717, 1.165) is 29.3 Å². The van der Waals surface area contributed by atoms with Crippen LogP contribution in [0.1, 0.15) is 51.1 Å². The number of hydrogen-bond donors (Lipinski definition) is 1. The first-order valence-electron chi connectivity index (χ1n) is 8.94. The van der Waals surface area contributed by atoms with Crippen LogP contribution in [0.5, 0.6) is 0 Å². The van der Waals surface area contributed by atoms with Gasteiger partial charge in [0.25, 0.3) is 0 Å². The minimum atomic E-state index is -0.0127. The van der Waals surface area contributed by atoms with E-state index >= 15 is 0 Å². The summed E-state index contributed by atoms with van der Waals surface area (Å²) in [6, 6.07) is 1.91. The SMILES string of the molecule is C/C(=C\C(=O)Nc1cc(C)nn1C)C12CC3CC(CC(C3)C1)C2. The lowest BCUT2D eigenvalue weighted by Crippen LogP contribution is -2.46. The first kappa shape index (κ1) is 15.0. The Labute approximate surface area is 138 Å². The quantitative estimate of drug-likeness (QED) is 0.862. The number of nitrogens with one attached hydrogen (secondary N) is 1. The summed E-state index contributed by atoms with van der Waals surface area (Å²) in [5.74, 6) is 3.48. The van der Waals surface area contributed by atoms with Crippen molar-refractivity contribution >= 4 is 11.7 Å². The van der Waals surface area contributed by atoms with Crippen LogP contribution in [0.2, 0.25) is 0 Å². The zero-order valence-electron chi connectivity index (χ0n) is 14.4. The average molecular weight is 313 g/mol. The Morgan fingerprint density at radius 2 is 1.83 bits per heavy atom. The lowest BCUT2D eigenvalue weighted by Gasteiger charge is -2.57. The maximum Gasteiger partial charge on any atom is 0.249 e. The molecule has 4 aliphatic rings. The first-order valence-corrected chi connectivity index (χ1v) is 8.94. The molecule has 0 aromatic carbocycles. The second-order valence-corrected chi connectivity index (χ2v) is 8.31. The summed E-state index contributed by atoms with van der Waals surface area (Å²) in [5.41, 5.74) is 2.53. The number of aryl methyl sites for hydroxylation is 2. The summed E-state index contributed by atoms with van der Waals surface area (Å²) in [6.45, 7) is 4.12. The Hall–Kier alpha value is -1.58. The molecule has 0 spiro atoms. The predicted octanol–water partition coefficient (Wildman–Crippen LogP) is 3.83. The van der Waals surface area contributed by atoms with Gasteiger partial charge in [0.05, 0.1) is 5.69 Å². The summed E-state index contributed by atoms with van der Waals surface area (Å²) >= 11 is 0. The molecule has 0 radical (unpaired) electrons. The predicted molar refractivity (Wildman–Crippen MR) is 90.9 cm³/mol. The van der Waals surface area contributed by atoms with E-state index in [2.05, 4.69) is 17.3 Å². The van der Waals surface area contributed by atoms with Crippen LogP contribution in [0.3, 0.4) is 0 Å². The van der Waals surface area contributed by atoms with E-state index in [1.807, 2.05) is 26.1 Å². The van der Waals surface area contributed by atoms with Crippen molar-refractivity contribution in [3.05, 3.63) is 23.4 Å². The molecule has 0 unspecified atom stereocenters. The molecule has 1 aromatic heterocycles. The van der Waals surface area contributed by atoms with Crippen molar-refractivity contribution in [1.29, 1.82) is 0 Å². The topological polar surface area (TPSA) is 46.9 Å². The second-order valence-electron chi connectivity index (χ2n) is 8.31. The number of carbonyl (C=O) groups excluding carboxylic acids is 1. The third-order valence-electron chi connectivity index (χ3n) is 6.48. The van der Waals surface area contributed by atoms with Gasteiger partial charge in [0.15, 0.2) is 0 Å². The zero-order chi connectivity index (χ0) is 16.2. The molecule has 4 saturated carbocycles. The molecule has 4 heteroatoms. The van der Waals surface area contributed by atoms with E-state index in [9.17, 15) is 4.79 Å². The Morgan fingerprint density at radius 1 is 1.26 bits per heavy atom. The molecule has 1 heterocycles. The third kappa shape index (κ3) is 2.62. The fourth-order valence-electron chi connectivity index (χ4n) is 5.83. The van der Waals surface area contributed by atoms with Gasteiger partial charge in [-0.2, -0.15) is 5.10 Å². The third-order valence-corrected chi connectivity index (χ3v) is 6.48. The molecule has 1 N–H and O–H groups in total. The van der Waals surface area contributed by atoms with Crippen LogP contribution >= 0.6 is 0 Å². The highest BCUT2D eigenvalue weighted by atomic mass is 16.1. The fraction of sp³-hybridized carbons (Fsp3) is 0.684. The van der Waals surface area contributed by atoms with Gasteiger partial charge in [-0.3, -0.25) is 9.48 Å². The van der Waals surface area contributed by atoms with Crippen LogP contribution in [0.25, 0.3) is 0 Å². The van der Waals surface area contributed by atoms with Crippen molar-refractivity contribution in [3.8, 4) is 0 Å². The van der Waals surface area contributed by atoms with Crippen molar-refractivity contribution in [2.75, 3.05) is 5.32 Å². The molecule has 0 aliphatic heterocycles. The molecule has 0 saturated heterocycles. The van der Waals surface area contributed by atoms with Crippen LogP contribution in [0.4, 0.5) is 5.82 Å². The Kier molecular flexibility index (Phi) is 3.40. The molecule has 1 amide bonds. The number of allylic oxidation sites excluding steroid dienone is 1. The van der Waals surface area contributed by atoms with E-state index in [4.69, 9.17) is 0 Å². The second kappa shape index (κ2) is 5.22. The van der Waals surface area contributed by atoms with Crippen molar-refractivity contribution in [1.82, 2.24) is 9.78 Å². The standard InChI is InChI=1S/C19H27N3O/c1-12(4-18(23)20-17-5-13(2)21-22(17)3)19-9-14-6-15(10-19)8-16(7-14)11-19/h4-5,14-16H,6-11H2,1-3H3,(H,20,23)/b12-4+. The minimum Gasteiger partial charge on any atom is -0.307 e. The molecule has 5 rings (SSSR count). The first-order chi connectivity index (χ1) is 10.9. The summed E-state index contributed by atoms with van der Waals surface area (Å²) < 4.78 is 1.72. The van der Waals surface area contributed by atoms with Gasteiger partial charge >= 0.3 is 0 Å². The van der Waals surface area contributed by atoms with Crippen LogP contribution in [0.15, 0.2) is 17.7 Å². The summed E-state index contributed by atoms with van der Waals surface area (Å²) in [5, 5.41) is 7.26. The lowest BCUT2D eigenvalue weighted by molar-refractivity contribution is -0.112. The Balaban J connectivity index is 1.52. The number of amides is 1. The number of anilines is 1. The highest BCUT2D eigenvalue weighted by Gasteiger charge is 2.51. The van der Waals surface area contributed by atoms with Gasteiger partial charge in [-0.25, -0.2) is 0 Å². The molecular formula is C19H27N3O. The Bertz CT molecular complexity index is 635. The van der Waals surface area contributed by atoms with Crippen LogP contribution in [0, 0.1) is 30.1 Å². The van der Waals surface area contributed by atoms with Crippen LogP contribution in [-0.2, 0) is 11.8 Å². The van der Waals surface area contributed by atoms with Crippen molar-refractivity contribution < 1.29 is 4.79 Å². The van der Waals surface area contributed by atoms with Gasteiger partial charge in [0, 0.05) is 19.2 Å². The molecule has 23 heavy (non-hydrogen) atoms. The van der Waals surface area contributed by atoms with Gasteiger partial charge in [-0.05, 0) is 75.5 Å². The molecule has 4 bridgehead atoms. The maximum absolute atomic E-state index is 12.4. The number of carbonyl (C=O) groups is 1. The number of rotatable bonds is 3. The van der Waals surface area contributed by atoms with Crippen LogP contribution < -0.4 is 5.32 Å². The lowest BCUT2D eigenvalue weighted by atomic mass is 9.48. The molecule has 1 aromatic rings. The number of nitrogens with zero attached hydrogens (tertiary/aromatic N) is 2. The number of aromatic nitrogens is 2. The van der Waals surface area contributed by atoms with Gasteiger partial charge in [-0.15, -0.1) is 0 Å². The van der Waals surface area contributed by atoms with Crippen LogP contribution in [-0.4, -0.2) is 15.7 Å². The van der Waals surface area contributed by atoms with Crippen molar-refractivity contribution in [3.63, 3.8) is 0 Å². The molecule has 4 nitrogen and oxygen atoms in total. The van der Waals surface area contributed by atoms with E-state index < -0.39 is 0 Å².